The zero-order valence-electron chi connectivity index (χ0n) is 10.8. The maximum Gasteiger partial charge on any atom is 0.236 e. The van der Waals surface area contributed by atoms with Crippen LogP contribution in [0.2, 0.25) is 0 Å². The van der Waals surface area contributed by atoms with Crippen LogP contribution in [0.5, 0.6) is 0 Å². The fraction of sp³-hybridized carbons (Fsp3) is 0.900. The summed E-state index contributed by atoms with van der Waals surface area (Å²) in [6.45, 7) is 1.79. The first-order valence-electron chi connectivity index (χ1n) is 5.56. The third-order valence-corrected chi connectivity index (χ3v) is 3.30. The zero-order chi connectivity index (χ0) is 13.5. The summed E-state index contributed by atoms with van der Waals surface area (Å²) < 4.78 is 21.9. The molecule has 0 spiro atoms. The molecule has 1 amide bonds. The molecule has 0 aliphatic carbocycles. The van der Waals surface area contributed by atoms with Crippen LogP contribution in [0.4, 0.5) is 0 Å². The Balaban J connectivity index is 3.94. The average molecular weight is 265 g/mol. The molecule has 0 bridgehead atoms. The minimum Gasteiger partial charge on any atom is -0.345 e. The van der Waals surface area contributed by atoms with Crippen molar-refractivity contribution in [2.45, 2.75) is 6.42 Å². The predicted molar refractivity (Wildman–Crippen MR) is 68.5 cm³/mol. The molecule has 102 valence electrons. The number of carbonyl (C=O) groups is 1. The highest BCUT2D eigenvalue weighted by atomic mass is 32.2. The van der Waals surface area contributed by atoms with Gasteiger partial charge in [-0.1, -0.05) is 0 Å². The molecule has 0 aromatic carbocycles. The minimum absolute atomic E-state index is 0.0190. The minimum atomic E-state index is -2.97. The van der Waals surface area contributed by atoms with Crippen LogP contribution in [0.3, 0.4) is 0 Å². The van der Waals surface area contributed by atoms with Gasteiger partial charge in [-0.3, -0.25) is 9.69 Å². The number of nitrogens with zero attached hydrogens (tertiary/aromatic N) is 2. The van der Waals surface area contributed by atoms with E-state index in [4.69, 9.17) is 5.73 Å². The van der Waals surface area contributed by atoms with E-state index in [1.165, 1.54) is 6.26 Å². The van der Waals surface area contributed by atoms with Gasteiger partial charge < -0.3 is 10.6 Å². The Morgan fingerprint density at radius 2 is 1.82 bits per heavy atom. The quantitative estimate of drug-likeness (QED) is 0.594. The first kappa shape index (κ1) is 16.3. The topological polar surface area (TPSA) is 83.7 Å². The molecular formula is C10H23N3O3S. The van der Waals surface area contributed by atoms with Crippen LogP contribution >= 0.6 is 0 Å². The molecule has 0 rings (SSSR count). The number of hydrogen-bond donors (Lipinski definition) is 1. The van der Waals surface area contributed by atoms with Gasteiger partial charge in [0.05, 0.1) is 12.3 Å². The highest BCUT2D eigenvalue weighted by Gasteiger charge is 2.12. The van der Waals surface area contributed by atoms with Gasteiger partial charge in [-0.15, -0.1) is 0 Å². The fourth-order valence-corrected chi connectivity index (χ4v) is 1.85. The van der Waals surface area contributed by atoms with Crippen LogP contribution in [-0.4, -0.2) is 76.4 Å². The molecule has 0 aliphatic heterocycles. The second kappa shape index (κ2) is 7.62. The Morgan fingerprint density at radius 1 is 1.24 bits per heavy atom. The van der Waals surface area contributed by atoms with Gasteiger partial charge in [-0.05, 0) is 20.0 Å². The van der Waals surface area contributed by atoms with Crippen LogP contribution in [-0.2, 0) is 14.6 Å². The van der Waals surface area contributed by atoms with Crippen molar-refractivity contribution in [2.75, 3.05) is 52.3 Å². The molecule has 0 heterocycles. The van der Waals surface area contributed by atoms with Gasteiger partial charge in [0.25, 0.3) is 0 Å². The van der Waals surface area contributed by atoms with Crippen molar-refractivity contribution in [3.63, 3.8) is 0 Å². The van der Waals surface area contributed by atoms with E-state index in [0.29, 0.717) is 19.6 Å². The maximum atomic E-state index is 11.7. The molecule has 2 N–H and O–H groups in total. The molecule has 0 saturated heterocycles. The van der Waals surface area contributed by atoms with Crippen LogP contribution in [0.15, 0.2) is 0 Å². The Morgan fingerprint density at radius 3 is 2.29 bits per heavy atom. The molecule has 0 aromatic rings. The molecule has 0 aromatic heterocycles. The van der Waals surface area contributed by atoms with Crippen molar-refractivity contribution in [1.29, 1.82) is 0 Å². The van der Waals surface area contributed by atoms with Crippen LogP contribution in [0.25, 0.3) is 0 Å². The molecular weight excluding hydrogens is 242 g/mol. The lowest BCUT2D eigenvalue weighted by Crippen LogP contribution is -2.39. The van der Waals surface area contributed by atoms with E-state index in [0.717, 1.165) is 6.42 Å². The number of hydrogen-bond acceptors (Lipinski definition) is 5. The van der Waals surface area contributed by atoms with E-state index in [-0.39, 0.29) is 18.2 Å². The van der Waals surface area contributed by atoms with Gasteiger partial charge in [0.1, 0.15) is 9.84 Å². The van der Waals surface area contributed by atoms with Crippen molar-refractivity contribution in [3.05, 3.63) is 0 Å². The van der Waals surface area contributed by atoms with E-state index in [2.05, 4.69) is 0 Å². The lowest BCUT2D eigenvalue weighted by Gasteiger charge is -2.21. The molecule has 0 saturated carbocycles. The van der Waals surface area contributed by atoms with E-state index < -0.39 is 9.84 Å². The number of sulfone groups is 1. The summed E-state index contributed by atoms with van der Waals surface area (Å²) in [6, 6.07) is 0. The number of rotatable bonds is 8. The van der Waals surface area contributed by atoms with E-state index >= 15 is 0 Å². The van der Waals surface area contributed by atoms with Gasteiger partial charge in [-0.25, -0.2) is 8.42 Å². The van der Waals surface area contributed by atoms with Crippen molar-refractivity contribution in [3.8, 4) is 0 Å². The monoisotopic (exact) mass is 265 g/mol. The normalized spacial score (nSPS) is 11.8. The molecule has 0 atom stereocenters. The highest BCUT2D eigenvalue weighted by molar-refractivity contribution is 7.90. The molecule has 6 nitrogen and oxygen atoms in total. The van der Waals surface area contributed by atoms with Crippen molar-refractivity contribution in [2.24, 2.45) is 5.73 Å². The number of amides is 1. The first-order chi connectivity index (χ1) is 7.76. The molecule has 17 heavy (non-hydrogen) atoms. The second-order valence-corrected chi connectivity index (χ2v) is 6.58. The first-order valence-corrected chi connectivity index (χ1v) is 7.62. The van der Waals surface area contributed by atoms with Gasteiger partial charge in [-0.2, -0.15) is 0 Å². The van der Waals surface area contributed by atoms with E-state index in [9.17, 15) is 13.2 Å². The Kier molecular flexibility index (Phi) is 7.33. The summed E-state index contributed by atoms with van der Waals surface area (Å²) >= 11 is 0. The summed E-state index contributed by atoms with van der Waals surface area (Å²) in [5, 5.41) is 0. The number of nitrogens with two attached hydrogens (primary N) is 1. The summed E-state index contributed by atoms with van der Waals surface area (Å²) in [6.07, 6.45) is 1.96. The van der Waals surface area contributed by atoms with E-state index in [1.807, 2.05) is 0 Å². The fourth-order valence-electron chi connectivity index (χ4n) is 1.21. The molecule has 0 radical (unpaired) electrons. The van der Waals surface area contributed by atoms with Crippen molar-refractivity contribution < 1.29 is 13.2 Å². The summed E-state index contributed by atoms with van der Waals surface area (Å²) in [4.78, 5) is 15.0. The van der Waals surface area contributed by atoms with Crippen molar-refractivity contribution >= 4 is 15.7 Å². The largest absolute Gasteiger partial charge is 0.345 e. The highest BCUT2D eigenvalue weighted by Crippen LogP contribution is 1.93. The third kappa shape index (κ3) is 9.08. The van der Waals surface area contributed by atoms with Gasteiger partial charge in [0.2, 0.25) is 5.91 Å². The van der Waals surface area contributed by atoms with Crippen molar-refractivity contribution in [1.82, 2.24) is 9.80 Å². The summed E-state index contributed by atoms with van der Waals surface area (Å²) in [5.74, 6) is 0.0537. The zero-order valence-corrected chi connectivity index (χ0v) is 11.7. The maximum absolute atomic E-state index is 11.7. The Bertz CT molecular complexity index is 330. The third-order valence-electron chi connectivity index (χ3n) is 2.37. The standard InChI is InChI=1S/C10H23N3O3S/c1-12(7-8-17(3,15)16)9-10(14)13(2)6-4-5-11/h4-9,11H2,1-3H3. The molecule has 0 aliphatic rings. The summed E-state index contributed by atoms with van der Waals surface area (Å²) in [7, 11) is 0.488. The summed E-state index contributed by atoms with van der Waals surface area (Å²) in [5.41, 5.74) is 5.36. The molecule has 7 heteroatoms. The number of carbonyl (C=O) groups excluding carboxylic acids is 1. The van der Waals surface area contributed by atoms with Crippen LogP contribution in [0.1, 0.15) is 6.42 Å². The molecule has 0 unspecified atom stereocenters. The Hall–Kier alpha value is -0.660. The predicted octanol–water partition coefficient (Wildman–Crippen LogP) is -1.23. The van der Waals surface area contributed by atoms with Crippen LogP contribution < -0.4 is 5.73 Å². The number of likely N-dealkylation sites (N-methyl/N-ethyl adjacent to an activating group) is 2. The Labute approximate surface area is 104 Å². The average Bonchev–Trinajstić information content (AvgIpc) is 2.22. The lowest BCUT2D eigenvalue weighted by atomic mass is 10.4. The van der Waals surface area contributed by atoms with Crippen LogP contribution in [0, 0.1) is 0 Å². The smallest absolute Gasteiger partial charge is 0.236 e. The van der Waals surface area contributed by atoms with Gasteiger partial charge in [0.15, 0.2) is 0 Å². The second-order valence-electron chi connectivity index (χ2n) is 4.33. The van der Waals surface area contributed by atoms with Gasteiger partial charge in [0, 0.05) is 26.4 Å². The van der Waals surface area contributed by atoms with Gasteiger partial charge >= 0.3 is 0 Å². The SMILES string of the molecule is CN(CCS(C)(=O)=O)CC(=O)N(C)CCCN. The molecule has 0 fully saturated rings. The lowest BCUT2D eigenvalue weighted by molar-refractivity contribution is -0.130. The van der Waals surface area contributed by atoms with E-state index in [1.54, 1.807) is 23.9 Å².